The zero-order valence-electron chi connectivity index (χ0n) is 15.5. The second-order valence-corrected chi connectivity index (χ2v) is 5.58. The summed E-state index contributed by atoms with van der Waals surface area (Å²) >= 11 is 0. The predicted molar refractivity (Wildman–Crippen MR) is 86.7 cm³/mol. The molecule has 0 radical (unpaired) electrons. The Morgan fingerprint density at radius 3 is 1.85 bits per heavy atom. The van der Waals surface area contributed by atoms with Gasteiger partial charge in [0, 0.05) is 27.7 Å². The van der Waals surface area contributed by atoms with E-state index >= 15 is 0 Å². The van der Waals surface area contributed by atoms with Crippen LogP contribution >= 0.6 is 0 Å². The highest BCUT2D eigenvalue weighted by Crippen LogP contribution is 2.29. The van der Waals surface area contributed by atoms with E-state index in [0.717, 1.165) is 20.8 Å². The van der Waals surface area contributed by atoms with Crippen LogP contribution in [0.2, 0.25) is 0 Å². The van der Waals surface area contributed by atoms with Gasteiger partial charge in [0.05, 0.1) is 0 Å². The molecule has 0 saturated carbocycles. The third-order valence-corrected chi connectivity index (χ3v) is 3.28. The van der Waals surface area contributed by atoms with Crippen molar-refractivity contribution in [2.24, 2.45) is 0 Å². The van der Waals surface area contributed by atoms with Crippen molar-refractivity contribution in [2.45, 2.75) is 58.4 Å². The van der Waals surface area contributed by atoms with Crippen LogP contribution in [0.3, 0.4) is 0 Å². The Bertz CT molecular complexity index is 607. The normalized spacial score (nSPS) is 27.0. The van der Waals surface area contributed by atoms with Gasteiger partial charge in [-0.2, -0.15) is 0 Å². The van der Waals surface area contributed by atoms with Crippen LogP contribution in [0.1, 0.15) is 27.7 Å². The third kappa shape index (κ3) is 7.24. The topological polar surface area (TPSA) is 124 Å². The summed E-state index contributed by atoms with van der Waals surface area (Å²) in [5.74, 6) is -0.519. The van der Waals surface area contributed by atoms with E-state index in [-0.39, 0.29) is 13.2 Å². The average Bonchev–Trinajstić information content (AvgIpc) is 2.54. The largest absolute Gasteiger partial charge is 0.463 e. The summed E-state index contributed by atoms with van der Waals surface area (Å²) in [6, 6.07) is 0. The maximum atomic E-state index is 11.6. The maximum Gasteiger partial charge on any atom is 0.303 e. The summed E-state index contributed by atoms with van der Waals surface area (Å²) in [7, 11) is 0. The number of carbonyl (C=O) groups is 4. The van der Waals surface area contributed by atoms with Crippen molar-refractivity contribution in [2.75, 3.05) is 13.2 Å². The average molecular weight is 386 g/mol. The van der Waals surface area contributed by atoms with Gasteiger partial charge >= 0.3 is 23.9 Å². The van der Waals surface area contributed by atoms with Crippen LogP contribution in [0.4, 0.5) is 0 Å². The first-order valence-corrected chi connectivity index (χ1v) is 8.01. The van der Waals surface area contributed by atoms with Crippen LogP contribution in [0.15, 0.2) is 0 Å². The summed E-state index contributed by atoms with van der Waals surface area (Å²) in [5.41, 5.74) is 0. The number of terminal acetylenes is 1. The molecule has 0 aliphatic carbocycles. The monoisotopic (exact) mass is 386 g/mol. The second-order valence-electron chi connectivity index (χ2n) is 5.58. The summed E-state index contributed by atoms with van der Waals surface area (Å²) in [5, 5.41) is 0. The third-order valence-electron chi connectivity index (χ3n) is 3.28. The van der Waals surface area contributed by atoms with Crippen molar-refractivity contribution in [1.82, 2.24) is 0 Å². The van der Waals surface area contributed by atoms with Crippen molar-refractivity contribution >= 4 is 23.9 Å². The van der Waals surface area contributed by atoms with Crippen LogP contribution in [0.25, 0.3) is 0 Å². The number of ether oxygens (including phenoxy) is 6. The highest BCUT2D eigenvalue weighted by molar-refractivity contribution is 5.68. The lowest BCUT2D eigenvalue weighted by molar-refractivity contribution is -0.305. The fourth-order valence-electron chi connectivity index (χ4n) is 2.45. The van der Waals surface area contributed by atoms with Gasteiger partial charge in [-0.1, -0.05) is 5.92 Å². The van der Waals surface area contributed by atoms with Crippen molar-refractivity contribution in [1.29, 1.82) is 0 Å². The van der Waals surface area contributed by atoms with Crippen LogP contribution < -0.4 is 0 Å². The molecular weight excluding hydrogens is 364 g/mol. The second kappa shape index (κ2) is 10.5. The molecule has 27 heavy (non-hydrogen) atoms. The van der Waals surface area contributed by atoms with Gasteiger partial charge in [-0.05, 0) is 0 Å². The Kier molecular flexibility index (Phi) is 8.71. The summed E-state index contributed by atoms with van der Waals surface area (Å²) in [4.78, 5) is 45.7. The van der Waals surface area contributed by atoms with E-state index in [0.29, 0.717) is 0 Å². The van der Waals surface area contributed by atoms with Gasteiger partial charge in [-0.25, -0.2) is 0 Å². The molecule has 0 aromatic rings. The lowest BCUT2D eigenvalue weighted by Crippen LogP contribution is -2.62. The van der Waals surface area contributed by atoms with E-state index in [1.807, 2.05) is 0 Å². The van der Waals surface area contributed by atoms with E-state index < -0.39 is 54.6 Å². The number of hydrogen-bond donors (Lipinski definition) is 0. The molecule has 1 saturated heterocycles. The van der Waals surface area contributed by atoms with Crippen molar-refractivity contribution in [3.05, 3.63) is 0 Å². The maximum absolute atomic E-state index is 11.6. The molecule has 1 heterocycles. The molecule has 0 N–H and O–H groups in total. The minimum Gasteiger partial charge on any atom is -0.463 e. The fraction of sp³-hybridized carbons (Fsp3) is 0.647. The molecule has 1 aliphatic rings. The Balaban J connectivity index is 3.25. The first-order chi connectivity index (χ1) is 12.6. The van der Waals surface area contributed by atoms with Gasteiger partial charge in [-0.15, -0.1) is 6.42 Å². The molecule has 1 fully saturated rings. The minimum absolute atomic E-state index is 0.201. The standard InChI is InChI=1S/C17H22O10/c1-6-7-22-17-16(26-12(5)21)15(25-11(4)20)14(24-10(3)19)13(27-17)8-23-9(2)18/h1,13-17H,7-8H2,2-5H3/t13-,14-,15+,16+,17-/m1/s1. The molecule has 1 rings (SSSR count). The zero-order valence-corrected chi connectivity index (χ0v) is 15.5. The summed E-state index contributed by atoms with van der Waals surface area (Å²) in [6.45, 7) is 4.05. The summed E-state index contributed by atoms with van der Waals surface area (Å²) in [6.07, 6.45) is -0.894. The van der Waals surface area contributed by atoms with E-state index in [9.17, 15) is 19.2 Å². The lowest BCUT2D eigenvalue weighted by Gasteiger charge is -2.43. The van der Waals surface area contributed by atoms with Crippen LogP contribution in [0, 0.1) is 12.3 Å². The van der Waals surface area contributed by atoms with E-state index in [1.54, 1.807) is 0 Å². The van der Waals surface area contributed by atoms with Gasteiger partial charge in [0.15, 0.2) is 24.6 Å². The fourth-order valence-corrected chi connectivity index (χ4v) is 2.45. The minimum atomic E-state index is -1.27. The molecule has 10 heteroatoms. The molecule has 0 aromatic carbocycles. The van der Waals surface area contributed by atoms with E-state index in [4.69, 9.17) is 34.8 Å². The smallest absolute Gasteiger partial charge is 0.303 e. The SMILES string of the molecule is C#CCO[C@@H]1O[C@H](COC(C)=O)[C@@H](OC(C)=O)[C@H](OC(C)=O)[C@@H]1OC(C)=O. The Morgan fingerprint density at radius 1 is 0.852 bits per heavy atom. The zero-order chi connectivity index (χ0) is 20.6. The van der Waals surface area contributed by atoms with Crippen molar-refractivity contribution in [3.8, 4) is 12.3 Å². The van der Waals surface area contributed by atoms with Crippen LogP contribution in [-0.4, -0.2) is 67.8 Å². The number of hydrogen-bond acceptors (Lipinski definition) is 10. The van der Waals surface area contributed by atoms with Crippen LogP contribution in [-0.2, 0) is 47.6 Å². The molecule has 0 amide bonds. The molecule has 5 atom stereocenters. The molecule has 0 aromatic heterocycles. The van der Waals surface area contributed by atoms with Gasteiger partial charge in [0.25, 0.3) is 0 Å². The Labute approximate surface area is 156 Å². The number of rotatable bonds is 7. The lowest BCUT2D eigenvalue weighted by atomic mass is 9.98. The van der Waals surface area contributed by atoms with Gasteiger partial charge in [-0.3, -0.25) is 19.2 Å². The highest BCUT2D eigenvalue weighted by Gasteiger charge is 2.52. The summed E-state index contributed by atoms with van der Waals surface area (Å²) < 4.78 is 31.5. The molecule has 0 bridgehead atoms. The van der Waals surface area contributed by atoms with Gasteiger partial charge in [0.1, 0.15) is 19.3 Å². The molecule has 10 nitrogen and oxygen atoms in total. The Hall–Kier alpha value is -2.64. The Morgan fingerprint density at radius 2 is 1.37 bits per heavy atom. The number of esters is 4. The molecular formula is C17H22O10. The van der Waals surface area contributed by atoms with Gasteiger partial charge in [0.2, 0.25) is 0 Å². The molecule has 1 aliphatic heterocycles. The van der Waals surface area contributed by atoms with Crippen molar-refractivity contribution in [3.63, 3.8) is 0 Å². The first kappa shape index (κ1) is 22.4. The molecule has 0 unspecified atom stereocenters. The quantitative estimate of drug-likeness (QED) is 0.328. The first-order valence-electron chi connectivity index (χ1n) is 8.01. The van der Waals surface area contributed by atoms with E-state index in [1.165, 1.54) is 6.92 Å². The highest BCUT2D eigenvalue weighted by atomic mass is 16.7. The molecule has 150 valence electrons. The predicted octanol–water partition coefficient (Wildman–Crippen LogP) is -0.281. The van der Waals surface area contributed by atoms with Crippen molar-refractivity contribution < 1.29 is 47.6 Å². The van der Waals surface area contributed by atoms with Crippen LogP contribution in [0.5, 0.6) is 0 Å². The van der Waals surface area contributed by atoms with Gasteiger partial charge < -0.3 is 28.4 Å². The van der Waals surface area contributed by atoms with E-state index in [2.05, 4.69) is 5.92 Å². The molecule has 0 spiro atoms. The number of carbonyl (C=O) groups excluding carboxylic acids is 4.